The lowest BCUT2D eigenvalue weighted by Crippen LogP contribution is -2.14. The lowest BCUT2D eigenvalue weighted by atomic mass is 10.1. The second-order valence-corrected chi connectivity index (χ2v) is 6.96. The van der Waals surface area contributed by atoms with E-state index in [9.17, 15) is 4.79 Å². The first-order valence-corrected chi connectivity index (χ1v) is 9.25. The van der Waals surface area contributed by atoms with Crippen LogP contribution in [-0.4, -0.2) is 12.5 Å². The van der Waals surface area contributed by atoms with E-state index in [2.05, 4.69) is 33.4 Å². The quantitative estimate of drug-likeness (QED) is 0.572. The topological polar surface area (TPSA) is 38.3 Å². The van der Waals surface area contributed by atoms with Crippen LogP contribution in [0.4, 0.5) is 5.69 Å². The molecule has 0 fully saturated rings. The van der Waals surface area contributed by atoms with E-state index < -0.39 is 0 Å². The number of amides is 1. The number of anilines is 1. The largest absolute Gasteiger partial charge is 0.492 e. The summed E-state index contributed by atoms with van der Waals surface area (Å²) in [5, 5.41) is 2.92. The molecule has 0 atom stereocenters. The first-order chi connectivity index (χ1) is 12.6. The molecular weight excluding hydrogens is 390 g/mol. The van der Waals surface area contributed by atoms with Gasteiger partial charge in [-0.2, -0.15) is 0 Å². The van der Waals surface area contributed by atoms with Crippen LogP contribution in [0, 0.1) is 6.92 Å². The van der Waals surface area contributed by atoms with Gasteiger partial charge in [0.2, 0.25) is 0 Å². The van der Waals surface area contributed by atoms with Crippen molar-refractivity contribution in [2.45, 2.75) is 13.3 Å². The van der Waals surface area contributed by atoms with Gasteiger partial charge < -0.3 is 10.1 Å². The SMILES string of the molecule is Cc1ccc(NC(=O)c2cc(Br)ccc2OCCc2ccccc2)cc1. The first-order valence-electron chi connectivity index (χ1n) is 8.46. The fourth-order valence-electron chi connectivity index (χ4n) is 2.56. The average Bonchev–Trinajstić information content (AvgIpc) is 2.65. The molecule has 0 spiro atoms. The maximum absolute atomic E-state index is 12.7. The highest BCUT2D eigenvalue weighted by Crippen LogP contribution is 2.25. The van der Waals surface area contributed by atoms with Gasteiger partial charge in [0.25, 0.3) is 5.91 Å². The number of carbonyl (C=O) groups is 1. The van der Waals surface area contributed by atoms with Gasteiger partial charge in [-0.15, -0.1) is 0 Å². The number of hydrogen-bond acceptors (Lipinski definition) is 2. The molecule has 0 bridgehead atoms. The number of aryl methyl sites for hydroxylation is 1. The number of hydrogen-bond donors (Lipinski definition) is 1. The van der Waals surface area contributed by atoms with Crippen LogP contribution in [0.1, 0.15) is 21.5 Å². The van der Waals surface area contributed by atoms with Crippen molar-refractivity contribution in [1.82, 2.24) is 0 Å². The Bertz CT molecular complexity index is 876. The molecule has 0 aromatic heterocycles. The molecule has 0 aliphatic heterocycles. The summed E-state index contributed by atoms with van der Waals surface area (Å²) >= 11 is 3.43. The third-order valence-electron chi connectivity index (χ3n) is 3.99. The van der Waals surface area contributed by atoms with E-state index in [0.717, 1.165) is 22.1 Å². The van der Waals surface area contributed by atoms with Gasteiger partial charge in [-0.05, 0) is 42.8 Å². The molecule has 3 aromatic carbocycles. The van der Waals surface area contributed by atoms with E-state index >= 15 is 0 Å². The number of benzene rings is 3. The number of ether oxygens (including phenoxy) is 1. The summed E-state index contributed by atoms with van der Waals surface area (Å²) in [6.45, 7) is 2.52. The van der Waals surface area contributed by atoms with Crippen molar-refractivity contribution in [2.24, 2.45) is 0 Å². The zero-order chi connectivity index (χ0) is 18.4. The van der Waals surface area contributed by atoms with Crippen LogP contribution in [0.5, 0.6) is 5.75 Å². The molecule has 4 heteroatoms. The van der Waals surface area contributed by atoms with Crippen molar-refractivity contribution in [1.29, 1.82) is 0 Å². The Kier molecular flexibility index (Phi) is 6.08. The third kappa shape index (κ3) is 4.96. The second kappa shape index (κ2) is 8.68. The lowest BCUT2D eigenvalue weighted by molar-refractivity contribution is 0.102. The second-order valence-electron chi connectivity index (χ2n) is 6.04. The van der Waals surface area contributed by atoms with E-state index in [4.69, 9.17) is 4.74 Å². The van der Waals surface area contributed by atoms with Crippen molar-refractivity contribution in [3.63, 3.8) is 0 Å². The molecule has 3 nitrogen and oxygen atoms in total. The van der Waals surface area contributed by atoms with Crippen LogP contribution in [0.15, 0.2) is 77.3 Å². The van der Waals surface area contributed by atoms with Gasteiger partial charge in [-0.25, -0.2) is 0 Å². The summed E-state index contributed by atoms with van der Waals surface area (Å²) in [7, 11) is 0. The average molecular weight is 410 g/mol. The van der Waals surface area contributed by atoms with Gasteiger partial charge in [0.15, 0.2) is 0 Å². The Morgan fingerprint density at radius 2 is 1.73 bits per heavy atom. The van der Waals surface area contributed by atoms with Crippen molar-refractivity contribution in [3.05, 3.63) is 94.0 Å². The molecule has 132 valence electrons. The fraction of sp³-hybridized carbons (Fsp3) is 0.136. The summed E-state index contributed by atoms with van der Waals surface area (Å²) in [6, 6.07) is 23.3. The third-order valence-corrected chi connectivity index (χ3v) is 4.48. The summed E-state index contributed by atoms with van der Waals surface area (Å²) < 4.78 is 6.73. The summed E-state index contributed by atoms with van der Waals surface area (Å²) in [6.07, 6.45) is 0.788. The van der Waals surface area contributed by atoms with Gasteiger partial charge >= 0.3 is 0 Å². The molecule has 3 aromatic rings. The van der Waals surface area contributed by atoms with E-state index in [1.807, 2.05) is 61.5 Å². The number of rotatable bonds is 6. The van der Waals surface area contributed by atoms with Gasteiger partial charge in [-0.1, -0.05) is 64.0 Å². The van der Waals surface area contributed by atoms with Gasteiger partial charge in [0.1, 0.15) is 5.75 Å². The van der Waals surface area contributed by atoms with Crippen LogP contribution in [-0.2, 0) is 6.42 Å². The molecule has 0 unspecified atom stereocenters. The van der Waals surface area contributed by atoms with Crippen molar-refractivity contribution in [2.75, 3.05) is 11.9 Å². The van der Waals surface area contributed by atoms with E-state index in [0.29, 0.717) is 17.9 Å². The van der Waals surface area contributed by atoms with Crippen molar-refractivity contribution in [3.8, 4) is 5.75 Å². The summed E-state index contributed by atoms with van der Waals surface area (Å²) in [4.78, 5) is 12.7. The molecule has 0 heterocycles. The molecule has 0 aliphatic rings. The zero-order valence-electron chi connectivity index (χ0n) is 14.5. The standard InChI is InChI=1S/C22H20BrNO2/c1-16-7-10-19(11-8-16)24-22(25)20-15-18(23)9-12-21(20)26-14-13-17-5-3-2-4-6-17/h2-12,15H,13-14H2,1H3,(H,24,25). The van der Waals surface area contributed by atoms with Gasteiger partial charge in [0.05, 0.1) is 12.2 Å². The Labute approximate surface area is 162 Å². The summed E-state index contributed by atoms with van der Waals surface area (Å²) in [5.41, 5.74) is 3.62. The Morgan fingerprint density at radius 3 is 2.46 bits per heavy atom. The number of halogens is 1. The molecule has 1 N–H and O–H groups in total. The molecule has 0 saturated carbocycles. The van der Waals surface area contributed by atoms with Crippen molar-refractivity contribution >= 4 is 27.5 Å². The van der Waals surface area contributed by atoms with E-state index in [1.54, 1.807) is 6.07 Å². The Morgan fingerprint density at radius 1 is 1.00 bits per heavy atom. The number of carbonyl (C=O) groups excluding carboxylic acids is 1. The normalized spacial score (nSPS) is 10.4. The minimum absolute atomic E-state index is 0.190. The van der Waals surface area contributed by atoms with Crippen LogP contribution in [0.25, 0.3) is 0 Å². The Hall–Kier alpha value is -2.59. The molecule has 1 amide bonds. The van der Waals surface area contributed by atoms with Gasteiger partial charge in [0, 0.05) is 16.6 Å². The molecular formula is C22H20BrNO2. The lowest BCUT2D eigenvalue weighted by Gasteiger charge is -2.13. The van der Waals surface area contributed by atoms with Crippen LogP contribution in [0.2, 0.25) is 0 Å². The zero-order valence-corrected chi connectivity index (χ0v) is 16.1. The van der Waals surface area contributed by atoms with E-state index in [-0.39, 0.29) is 5.91 Å². The smallest absolute Gasteiger partial charge is 0.259 e. The molecule has 0 saturated heterocycles. The monoisotopic (exact) mass is 409 g/mol. The molecule has 3 rings (SSSR count). The first kappa shape index (κ1) is 18.2. The molecule has 0 aliphatic carbocycles. The highest BCUT2D eigenvalue weighted by molar-refractivity contribution is 9.10. The van der Waals surface area contributed by atoms with E-state index in [1.165, 1.54) is 5.56 Å². The highest BCUT2D eigenvalue weighted by atomic mass is 79.9. The predicted molar refractivity (Wildman–Crippen MR) is 109 cm³/mol. The fourth-order valence-corrected chi connectivity index (χ4v) is 2.93. The molecule has 0 radical (unpaired) electrons. The minimum atomic E-state index is -0.190. The molecule has 26 heavy (non-hydrogen) atoms. The highest BCUT2D eigenvalue weighted by Gasteiger charge is 2.14. The predicted octanol–water partition coefficient (Wildman–Crippen LogP) is 5.63. The minimum Gasteiger partial charge on any atom is -0.492 e. The van der Waals surface area contributed by atoms with Gasteiger partial charge in [-0.3, -0.25) is 4.79 Å². The van der Waals surface area contributed by atoms with Crippen LogP contribution in [0.3, 0.4) is 0 Å². The number of nitrogens with one attached hydrogen (secondary N) is 1. The summed E-state index contributed by atoms with van der Waals surface area (Å²) in [5.74, 6) is 0.388. The Balaban J connectivity index is 1.70. The van der Waals surface area contributed by atoms with Crippen LogP contribution < -0.4 is 10.1 Å². The maximum Gasteiger partial charge on any atom is 0.259 e. The maximum atomic E-state index is 12.7. The van der Waals surface area contributed by atoms with Crippen molar-refractivity contribution < 1.29 is 9.53 Å². The van der Waals surface area contributed by atoms with Crippen LogP contribution >= 0.6 is 15.9 Å².